The average molecular weight is 546 g/mol. The van der Waals surface area contributed by atoms with Gasteiger partial charge in [-0.2, -0.15) is 0 Å². The summed E-state index contributed by atoms with van der Waals surface area (Å²) in [5.74, 6) is -7.65. The van der Waals surface area contributed by atoms with Crippen LogP contribution < -0.4 is 38.1 Å². The molecule has 214 valence electrons. The number of rotatable bonds is 17. The number of amides is 6. The Morgan fingerprint density at radius 1 is 0.632 bits per heavy atom. The number of aliphatic carboxylic acids is 2. The Kier molecular flexibility index (Phi) is 14.6. The zero-order valence-electron chi connectivity index (χ0n) is 21.2. The number of carboxylic acids is 2. The Hall–Kier alpha value is -4.28. The molecule has 0 heterocycles. The Bertz CT molecular complexity index is 926. The smallest absolute Gasteiger partial charge is 0.325 e. The second kappa shape index (κ2) is 16.5. The highest BCUT2D eigenvalue weighted by atomic mass is 16.4. The molecule has 17 heteroatoms. The second-order valence-corrected chi connectivity index (χ2v) is 8.35. The minimum Gasteiger partial charge on any atom is -0.481 e. The molecule has 6 amide bonds. The summed E-state index contributed by atoms with van der Waals surface area (Å²) in [6, 6.07) is -6.53. The highest BCUT2D eigenvalue weighted by Crippen LogP contribution is 2.04. The fourth-order valence-corrected chi connectivity index (χ4v) is 2.81. The molecule has 17 nitrogen and oxygen atoms in total. The van der Waals surface area contributed by atoms with Crippen molar-refractivity contribution in [3.63, 3.8) is 0 Å². The van der Waals surface area contributed by atoms with Crippen LogP contribution in [0.5, 0.6) is 0 Å². The van der Waals surface area contributed by atoms with E-state index in [1.807, 2.05) is 0 Å². The normalized spacial score (nSPS) is 14.4. The van der Waals surface area contributed by atoms with E-state index in [1.54, 1.807) is 0 Å². The van der Waals surface area contributed by atoms with Crippen LogP contribution in [-0.2, 0) is 38.4 Å². The van der Waals surface area contributed by atoms with Crippen LogP contribution in [0.3, 0.4) is 0 Å². The highest BCUT2D eigenvalue weighted by molar-refractivity contribution is 5.96. The van der Waals surface area contributed by atoms with Gasteiger partial charge in [0.1, 0.15) is 30.2 Å². The van der Waals surface area contributed by atoms with E-state index in [0.717, 1.165) is 6.92 Å². The summed E-state index contributed by atoms with van der Waals surface area (Å²) in [6.45, 7) is 3.43. The van der Waals surface area contributed by atoms with E-state index in [9.17, 15) is 38.4 Å². The first kappa shape index (κ1) is 33.7. The maximum Gasteiger partial charge on any atom is 0.325 e. The van der Waals surface area contributed by atoms with Crippen molar-refractivity contribution in [3.8, 4) is 0 Å². The third-order valence-electron chi connectivity index (χ3n) is 5.03. The molecule has 0 fully saturated rings. The standard InChI is InChI=1S/C21H35N7O10/c1-9(24-15(30)8-22)17(33)25-10(2)18(34)27-12(4-6-14(23)29)20(36)28-13(5-7-16(31)32)19(35)26-11(3)21(37)38/h9-13H,4-8,22H2,1-3H3,(H2,23,29)(H,24,30)(H,25,33)(H,26,35)(H,27,34)(H,28,36)(H,31,32)(H,37,38)/t9-,10-,11-,12-,13-/m0/s1. The summed E-state index contributed by atoms with van der Waals surface area (Å²) >= 11 is 0. The lowest BCUT2D eigenvalue weighted by atomic mass is 10.1. The second-order valence-electron chi connectivity index (χ2n) is 8.35. The van der Waals surface area contributed by atoms with E-state index in [4.69, 9.17) is 21.7 Å². The molecule has 0 aromatic carbocycles. The predicted molar refractivity (Wildman–Crippen MR) is 129 cm³/mol. The fraction of sp³-hybridized carbons (Fsp3) is 0.619. The van der Waals surface area contributed by atoms with E-state index in [-0.39, 0.29) is 19.4 Å². The molecule has 0 aromatic rings. The Morgan fingerprint density at radius 2 is 1.05 bits per heavy atom. The van der Waals surface area contributed by atoms with Crippen LogP contribution in [0.2, 0.25) is 0 Å². The molecule has 0 saturated carbocycles. The highest BCUT2D eigenvalue weighted by Gasteiger charge is 2.30. The molecule has 0 rings (SSSR count). The molecule has 11 N–H and O–H groups in total. The van der Waals surface area contributed by atoms with Gasteiger partial charge in [-0.3, -0.25) is 38.4 Å². The van der Waals surface area contributed by atoms with Gasteiger partial charge in [-0.1, -0.05) is 0 Å². The number of carbonyl (C=O) groups is 8. The third-order valence-corrected chi connectivity index (χ3v) is 5.03. The van der Waals surface area contributed by atoms with E-state index in [1.165, 1.54) is 13.8 Å². The van der Waals surface area contributed by atoms with E-state index in [2.05, 4.69) is 26.6 Å². The number of hydrogen-bond donors (Lipinski definition) is 9. The number of hydrogen-bond acceptors (Lipinski definition) is 9. The van der Waals surface area contributed by atoms with Gasteiger partial charge in [0.05, 0.1) is 6.54 Å². The van der Waals surface area contributed by atoms with Crippen molar-refractivity contribution in [2.45, 2.75) is 76.7 Å². The first-order valence-corrected chi connectivity index (χ1v) is 11.5. The molecule has 0 aliphatic heterocycles. The number of nitrogens with two attached hydrogens (primary N) is 2. The maximum atomic E-state index is 12.9. The van der Waals surface area contributed by atoms with Crippen LogP contribution in [0.1, 0.15) is 46.5 Å². The van der Waals surface area contributed by atoms with Crippen LogP contribution >= 0.6 is 0 Å². The van der Waals surface area contributed by atoms with Gasteiger partial charge in [0.25, 0.3) is 0 Å². The summed E-state index contributed by atoms with van der Waals surface area (Å²) in [5.41, 5.74) is 10.3. The first-order chi connectivity index (χ1) is 17.6. The Morgan fingerprint density at radius 3 is 1.53 bits per heavy atom. The number of carbonyl (C=O) groups excluding carboxylic acids is 6. The van der Waals surface area contributed by atoms with Gasteiger partial charge in [0.2, 0.25) is 35.4 Å². The molecule has 0 bridgehead atoms. The van der Waals surface area contributed by atoms with Crippen molar-refractivity contribution in [2.75, 3.05) is 6.54 Å². The largest absolute Gasteiger partial charge is 0.481 e. The number of primary amides is 1. The molecule has 0 aromatic heterocycles. The lowest BCUT2D eigenvalue weighted by molar-refractivity contribution is -0.142. The number of carboxylic acid groups (broad SMARTS) is 2. The van der Waals surface area contributed by atoms with Crippen LogP contribution in [0.25, 0.3) is 0 Å². The lowest BCUT2D eigenvalue weighted by Crippen LogP contribution is -2.58. The molecular weight excluding hydrogens is 510 g/mol. The Labute approximate surface area is 217 Å². The van der Waals surface area contributed by atoms with Crippen LogP contribution in [0.4, 0.5) is 0 Å². The maximum absolute atomic E-state index is 12.9. The average Bonchev–Trinajstić information content (AvgIpc) is 2.82. The van der Waals surface area contributed by atoms with E-state index < -0.39 is 90.4 Å². The summed E-state index contributed by atoms with van der Waals surface area (Å²) in [4.78, 5) is 94.8. The summed E-state index contributed by atoms with van der Waals surface area (Å²) in [5, 5.41) is 29.2. The topological polar surface area (TPSA) is 289 Å². The monoisotopic (exact) mass is 545 g/mol. The molecule has 5 atom stereocenters. The predicted octanol–water partition coefficient (Wildman–Crippen LogP) is -4.36. The Balaban J connectivity index is 5.53. The molecule has 38 heavy (non-hydrogen) atoms. The summed E-state index contributed by atoms with van der Waals surface area (Å²) in [6.07, 6.45) is -1.63. The molecule has 0 unspecified atom stereocenters. The van der Waals surface area contributed by atoms with Crippen LogP contribution in [0.15, 0.2) is 0 Å². The van der Waals surface area contributed by atoms with Crippen molar-refractivity contribution < 1.29 is 48.6 Å². The van der Waals surface area contributed by atoms with Gasteiger partial charge in [0, 0.05) is 12.8 Å². The molecular formula is C21H35N7O10. The summed E-state index contributed by atoms with van der Waals surface area (Å²) in [7, 11) is 0. The van der Waals surface area contributed by atoms with Crippen molar-refractivity contribution in [1.82, 2.24) is 26.6 Å². The van der Waals surface area contributed by atoms with Crippen molar-refractivity contribution in [1.29, 1.82) is 0 Å². The lowest BCUT2D eigenvalue weighted by Gasteiger charge is -2.25. The van der Waals surface area contributed by atoms with Crippen LogP contribution in [0, 0.1) is 0 Å². The molecule has 0 radical (unpaired) electrons. The minimum absolute atomic E-state index is 0.310. The van der Waals surface area contributed by atoms with E-state index in [0.29, 0.717) is 0 Å². The SMILES string of the molecule is C[C@H](NC(=O)[C@H](CCC(=O)O)NC(=O)[C@H](CCC(N)=O)NC(=O)[C@H](C)NC(=O)[C@H](C)NC(=O)CN)C(=O)O. The van der Waals surface area contributed by atoms with Crippen molar-refractivity contribution in [3.05, 3.63) is 0 Å². The number of nitrogens with one attached hydrogen (secondary N) is 5. The van der Waals surface area contributed by atoms with E-state index >= 15 is 0 Å². The van der Waals surface area contributed by atoms with Gasteiger partial charge < -0.3 is 48.3 Å². The fourth-order valence-electron chi connectivity index (χ4n) is 2.81. The van der Waals surface area contributed by atoms with Gasteiger partial charge in [-0.15, -0.1) is 0 Å². The zero-order valence-corrected chi connectivity index (χ0v) is 21.2. The van der Waals surface area contributed by atoms with Gasteiger partial charge in [-0.05, 0) is 33.6 Å². The first-order valence-electron chi connectivity index (χ1n) is 11.5. The van der Waals surface area contributed by atoms with Crippen molar-refractivity contribution >= 4 is 47.4 Å². The minimum atomic E-state index is -1.49. The molecule has 0 aliphatic carbocycles. The zero-order chi connectivity index (χ0) is 29.6. The third kappa shape index (κ3) is 13.1. The van der Waals surface area contributed by atoms with Gasteiger partial charge in [0.15, 0.2) is 0 Å². The van der Waals surface area contributed by atoms with Gasteiger partial charge in [-0.25, -0.2) is 0 Å². The molecule has 0 aliphatic rings. The van der Waals surface area contributed by atoms with Crippen molar-refractivity contribution in [2.24, 2.45) is 11.5 Å². The summed E-state index contributed by atoms with van der Waals surface area (Å²) < 4.78 is 0. The van der Waals surface area contributed by atoms with Crippen LogP contribution in [-0.4, -0.2) is 94.3 Å². The van der Waals surface area contributed by atoms with Gasteiger partial charge >= 0.3 is 11.9 Å². The molecule has 0 saturated heterocycles. The molecule has 0 spiro atoms. The quantitative estimate of drug-likeness (QED) is 0.0841.